The van der Waals surface area contributed by atoms with Crippen LogP contribution < -0.4 is 10.5 Å². The van der Waals surface area contributed by atoms with Crippen molar-refractivity contribution in [1.82, 2.24) is 4.98 Å². The maximum atomic E-state index is 5.52. The second-order valence-corrected chi connectivity index (χ2v) is 4.74. The first-order valence-electron chi connectivity index (χ1n) is 5.71. The Kier molecular flexibility index (Phi) is 4.12. The van der Waals surface area contributed by atoms with Gasteiger partial charge in [-0.25, -0.2) is 4.98 Å². The monoisotopic (exact) mass is 248 g/mol. The van der Waals surface area contributed by atoms with Crippen LogP contribution in [0.4, 0.5) is 0 Å². The molecule has 4 heteroatoms. The number of nitrogens with zero attached hydrogens (tertiary/aromatic N) is 1. The molecule has 0 aliphatic heterocycles. The number of benzene rings is 1. The van der Waals surface area contributed by atoms with E-state index in [-0.39, 0.29) is 0 Å². The summed E-state index contributed by atoms with van der Waals surface area (Å²) in [6.45, 7) is 3.34. The summed E-state index contributed by atoms with van der Waals surface area (Å²) in [5.74, 6) is 0.898. The Morgan fingerprint density at radius 1 is 1.29 bits per heavy atom. The summed E-state index contributed by atoms with van der Waals surface area (Å²) < 4.78 is 5.41. The standard InChI is InChI=1S/C13H16N2OS/c1-2-16-11-5-3-10(4-6-11)13-15-9-12(17-13)7-8-14/h3-6,9H,2,7-8,14H2,1H3. The van der Waals surface area contributed by atoms with Crippen LogP contribution in [0.15, 0.2) is 30.5 Å². The highest BCUT2D eigenvalue weighted by Crippen LogP contribution is 2.26. The summed E-state index contributed by atoms with van der Waals surface area (Å²) in [6, 6.07) is 8.03. The molecule has 0 aliphatic rings. The number of aromatic nitrogens is 1. The SMILES string of the molecule is CCOc1ccc(-c2ncc(CCN)s2)cc1. The molecule has 2 N–H and O–H groups in total. The van der Waals surface area contributed by atoms with Crippen molar-refractivity contribution >= 4 is 11.3 Å². The smallest absolute Gasteiger partial charge is 0.123 e. The van der Waals surface area contributed by atoms with Crippen LogP contribution in [0.25, 0.3) is 10.6 Å². The molecule has 3 nitrogen and oxygen atoms in total. The van der Waals surface area contributed by atoms with Crippen LogP contribution >= 0.6 is 11.3 Å². The fourth-order valence-corrected chi connectivity index (χ4v) is 2.49. The zero-order chi connectivity index (χ0) is 12.1. The van der Waals surface area contributed by atoms with E-state index in [0.717, 1.165) is 22.7 Å². The first-order valence-corrected chi connectivity index (χ1v) is 6.53. The van der Waals surface area contributed by atoms with Crippen molar-refractivity contribution < 1.29 is 4.74 Å². The molecule has 0 amide bonds. The number of hydrogen-bond acceptors (Lipinski definition) is 4. The first kappa shape index (κ1) is 12.1. The minimum Gasteiger partial charge on any atom is -0.494 e. The van der Waals surface area contributed by atoms with Crippen LogP contribution in [-0.4, -0.2) is 18.1 Å². The van der Waals surface area contributed by atoms with Gasteiger partial charge in [0.05, 0.1) is 6.61 Å². The average Bonchev–Trinajstić information content (AvgIpc) is 2.80. The van der Waals surface area contributed by atoms with Crippen molar-refractivity contribution in [2.24, 2.45) is 5.73 Å². The lowest BCUT2D eigenvalue weighted by Gasteiger charge is -2.02. The van der Waals surface area contributed by atoms with Crippen LogP contribution in [0.2, 0.25) is 0 Å². The van der Waals surface area contributed by atoms with Gasteiger partial charge in [0.25, 0.3) is 0 Å². The van der Waals surface area contributed by atoms with Gasteiger partial charge in [0.2, 0.25) is 0 Å². The quantitative estimate of drug-likeness (QED) is 0.885. The largest absolute Gasteiger partial charge is 0.494 e. The molecule has 0 radical (unpaired) electrons. The molecule has 90 valence electrons. The van der Waals surface area contributed by atoms with E-state index in [2.05, 4.69) is 4.98 Å². The van der Waals surface area contributed by atoms with Gasteiger partial charge >= 0.3 is 0 Å². The van der Waals surface area contributed by atoms with E-state index < -0.39 is 0 Å². The molecule has 1 aromatic carbocycles. The number of thiazole rings is 1. The van der Waals surface area contributed by atoms with Crippen molar-refractivity contribution in [3.63, 3.8) is 0 Å². The van der Waals surface area contributed by atoms with E-state index in [4.69, 9.17) is 10.5 Å². The fraction of sp³-hybridized carbons (Fsp3) is 0.308. The van der Waals surface area contributed by atoms with Crippen LogP contribution in [0, 0.1) is 0 Å². The Morgan fingerprint density at radius 2 is 2.06 bits per heavy atom. The van der Waals surface area contributed by atoms with Gasteiger partial charge in [0.1, 0.15) is 10.8 Å². The van der Waals surface area contributed by atoms with Crippen LogP contribution in [-0.2, 0) is 6.42 Å². The highest BCUT2D eigenvalue weighted by atomic mass is 32.1. The maximum absolute atomic E-state index is 5.52. The molecule has 1 heterocycles. The molecule has 0 atom stereocenters. The molecule has 0 saturated carbocycles. The summed E-state index contributed by atoms with van der Waals surface area (Å²) >= 11 is 1.70. The third kappa shape index (κ3) is 3.05. The Morgan fingerprint density at radius 3 is 2.71 bits per heavy atom. The second kappa shape index (κ2) is 5.80. The molecule has 2 aromatic rings. The van der Waals surface area contributed by atoms with Gasteiger partial charge in [-0.05, 0) is 44.2 Å². The van der Waals surface area contributed by atoms with E-state index >= 15 is 0 Å². The second-order valence-electron chi connectivity index (χ2n) is 3.63. The molecule has 0 aliphatic carbocycles. The van der Waals surface area contributed by atoms with Crippen LogP contribution in [0.1, 0.15) is 11.8 Å². The summed E-state index contributed by atoms with van der Waals surface area (Å²) in [5, 5.41) is 1.04. The Labute approximate surface area is 105 Å². The lowest BCUT2D eigenvalue weighted by atomic mass is 10.2. The van der Waals surface area contributed by atoms with Gasteiger partial charge in [-0.2, -0.15) is 0 Å². The highest BCUT2D eigenvalue weighted by Gasteiger charge is 2.04. The van der Waals surface area contributed by atoms with E-state index in [0.29, 0.717) is 13.2 Å². The topological polar surface area (TPSA) is 48.1 Å². The van der Waals surface area contributed by atoms with Crippen molar-refractivity contribution in [1.29, 1.82) is 0 Å². The molecule has 0 fully saturated rings. The zero-order valence-corrected chi connectivity index (χ0v) is 10.7. The third-order valence-electron chi connectivity index (χ3n) is 2.36. The maximum Gasteiger partial charge on any atom is 0.123 e. The zero-order valence-electron chi connectivity index (χ0n) is 9.85. The van der Waals surface area contributed by atoms with Crippen molar-refractivity contribution in [3.8, 4) is 16.3 Å². The van der Waals surface area contributed by atoms with Crippen LogP contribution in [0.5, 0.6) is 5.75 Å². The lowest BCUT2D eigenvalue weighted by Crippen LogP contribution is -2.00. The van der Waals surface area contributed by atoms with E-state index in [1.165, 1.54) is 4.88 Å². The Bertz CT molecular complexity index is 465. The molecule has 0 unspecified atom stereocenters. The minimum absolute atomic E-state index is 0.672. The molecular formula is C13H16N2OS. The van der Waals surface area contributed by atoms with Crippen molar-refractivity contribution in [3.05, 3.63) is 35.3 Å². The number of hydrogen-bond donors (Lipinski definition) is 1. The summed E-state index contributed by atoms with van der Waals surface area (Å²) in [5.41, 5.74) is 6.65. The third-order valence-corrected chi connectivity index (χ3v) is 3.46. The lowest BCUT2D eigenvalue weighted by molar-refractivity contribution is 0.340. The first-order chi connectivity index (χ1) is 8.33. The van der Waals surface area contributed by atoms with E-state index in [1.54, 1.807) is 11.3 Å². The highest BCUT2D eigenvalue weighted by molar-refractivity contribution is 7.15. The predicted octanol–water partition coefficient (Wildman–Crippen LogP) is 2.71. The van der Waals surface area contributed by atoms with Gasteiger partial charge < -0.3 is 10.5 Å². The molecule has 0 saturated heterocycles. The summed E-state index contributed by atoms with van der Waals surface area (Å²) in [7, 11) is 0. The number of ether oxygens (including phenoxy) is 1. The number of nitrogens with two attached hydrogens (primary N) is 1. The molecule has 1 aromatic heterocycles. The average molecular weight is 248 g/mol. The van der Waals surface area contributed by atoms with Gasteiger partial charge in [0.15, 0.2) is 0 Å². The van der Waals surface area contributed by atoms with Crippen molar-refractivity contribution in [2.75, 3.05) is 13.2 Å². The summed E-state index contributed by atoms with van der Waals surface area (Å²) in [6.07, 6.45) is 2.80. The molecule has 0 bridgehead atoms. The predicted molar refractivity (Wildman–Crippen MR) is 71.5 cm³/mol. The Hall–Kier alpha value is -1.39. The molecule has 2 rings (SSSR count). The normalized spacial score (nSPS) is 10.5. The Balaban J connectivity index is 2.15. The molecule has 0 spiro atoms. The fourth-order valence-electron chi connectivity index (χ4n) is 1.56. The van der Waals surface area contributed by atoms with Gasteiger partial charge in [-0.1, -0.05) is 0 Å². The molecule has 17 heavy (non-hydrogen) atoms. The molecular weight excluding hydrogens is 232 g/mol. The van der Waals surface area contributed by atoms with Gasteiger partial charge in [0, 0.05) is 16.6 Å². The van der Waals surface area contributed by atoms with E-state index in [9.17, 15) is 0 Å². The summed E-state index contributed by atoms with van der Waals surface area (Å²) in [4.78, 5) is 5.64. The van der Waals surface area contributed by atoms with Crippen LogP contribution in [0.3, 0.4) is 0 Å². The van der Waals surface area contributed by atoms with E-state index in [1.807, 2.05) is 37.4 Å². The van der Waals surface area contributed by atoms with Crippen molar-refractivity contribution in [2.45, 2.75) is 13.3 Å². The van der Waals surface area contributed by atoms with Gasteiger partial charge in [-0.3, -0.25) is 0 Å². The number of rotatable bonds is 5. The van der Waals surface area contributed by atoms with Gasteiger partial charge in [-0.15, -0.1) is 11.3 Å². The minimum atomic E-state index is 0.672.